The van der Waals surface area contributed by atoms with Crippen LogP contribution in [0.5, 0.6) is 5.88 Å². The minimum atomic E-state index is -1.51. The van der Waals surface area contributed by atoms with Crippen LogP contribution in [0.15, 0.2) is 32.8 Å². The summed E-state index contributed by atoms with van der Waals surface area (Å²) in [7, 11) is 1.92. The number of hydrogen-bond donors (Lipinski definition) is 4. The van der Waals surface area contributed by atoms with Gasteiger partial charge in [-0.2, -0.15) is 0 Å². The van der Waals surface area contributed by atoms with Gasteiger partial charge in [-0.05, 0) is 43.7 Å². The highest BCUT2D eigenvalue weighted by molar-refractivity contribution is 6.20. The van der Waals surface area contributed by atoms with Crippen molar-refractivity contribution in [1.29, 1.82) is 0 Å². The van der Waals surface area contributed by atoms with E-state index < -0.39 is 46.4 Å². The first-order valence-electron chi connectivity index (χ1n) is 12.5. The molecule has 2 aromatic rings. The molecule has 0 radical (unpaired) electrons. The summed E-state index contributed by atoms with van der Waals surface area (Å²) in [5.74, 6) is -1.74. The molecule has 5 rings (SSSR count). The molecule has 1 aromatic heterocycles. The fraction of sp³-hybridized carbons (Fsp3) is 0.440. The highest BCUT2D eigenvalue weighted by Crippen LogP contribution is 2.45. The molecule has 3 aliphatic rings. The lowest BCUT2D eigenvalue weighted by molar-refractivity contribution is -0.147. The Labute approximate surface area is 217 Å². The third kappa shape index (κ3) is 4.08. The third-order valence-electron chi connectivity index (χ3n) is 7.54. The number of fused-ring (bicyclic) bond motifs is 4. The van der Waals surface area contributed by atoms with Gasteiger partial charge < -0.3 is 14.9 Å². The van der Waals surface area contributed by atoms with Crippen molar-refractivity contribution in [2.45, 2.75) is 38.8 Å². The molecular formula is C25H29N7O6. The van der Waals surface area contributed by atoms with Crippen LogP contribution >= 0.6 is 0 Å². The van der Waals surface area contributed by atoms with Crippen LogP contribution < -0.4 is 26.8 Å². The number of aromatic nitrogens is 2. The van der Waals surface area contributed by atoms with E-state index in [0.717, 1.165) is 23.2 Å². The maximum atomic E-state index is 13.2. The zero-order valence-electron chi connectivity index (χ0n) is 21.1. The van der Waals surface area contributed by atoms with Gasteiger partial charge >= 0.3 is 11.7 Å². The Hall–Kier alpha value is -4.26. The second-order valence-electron chi connectivity index (χ2n) is 9.93. The number of aliphatic imine (C=N–C) groups is 1. The van der Waals surface area contributed by atoms with Gasteiger partial charge in [0, 0.05) is 38.1 Å². The lowest BCUT2D eigenvalue weighted by atomic mass is 9.68. The first kappa shape index (κ1) is 25.4. The minimum absolute atomic E-state index is 0.0549. The Morgan fingerprint density at radius 3 is 2.58 bits per heavy atom. The van der Waals surface area contributed by atoms with E-state index in [1.807, 2.05) is 29.8 Å². The number of hydrogen-bond acceptors (Lipinski definition) is 9. The lowest BCUT2D eigenvalue weighted by Gasteiger charge is -2.53. The average molecular weight is 524 g/mol. The molecule has 4 N–H and O–H groups in total. The molecule has 0 aliphatic carbocycles. The summed E-state index contributed by atoms with van der Waals surface area (Å²) >= 11 is 0. The Morgan fingerprint density at radius 2 is 1.87 bits per heavy atom. The Bertz CT molecular complexity index is 1460. The molecule has 13 heteroatoms. The summed E-state index contributed by atoms with van der Waals surface area (Å²) < 4.78 is 1.10. The van der Waals surface area contributed by atoms with Gasteiger partial charge in [0.1, 0.15) is 5.56 Å². The number of amides is 4. The standard InChI is InChI=1S/C25H29N7O6/c1-3-4-7-32-20(34)16(19(33)27-24(32)38)12-26-15-5-6-17-14(10-15)11-25(18-13-30(2)8-9-31(17)18)21(35)28-23(37)29-22(25)36/h5-6,10,12,18,34H,3-4,7-9,11,13H2,1-2H3,(H,27,33,38)(H2,28,29,35,36,37). The van der Waals surface area contributed by atoms with E-state index in [0.29, 0.717) is 30.8 Å². The second kappa shape index (κ2) is 9.56. The van der Waals surface area contributed by atoms with Crippen molar-refractivity contribution in [2.75, 3.05) is 31.6 Å². The van der Waals surface area contributed by atoms with E-state index >= 15 is 0 Å². The maximum absolute atomic E-state index is 13.2. The second-order valence-corrected chi connectivity index (χ2v) is 9.93. The number of rotatable bonds is 5. The maximum Gasteiger partial charge on any atom is 0.331 e. The third-order valence-corrected chi connectivity index (χ3v) is 7.54. The molecule has 1 aromatic carbocycles. The monoisotopic (exact) mass is 523 g/mol. The predicted molar refractivity (Wildman–Crippen MR) is 138 cm³/mol. The number of aromatic amines is 1. The Balaban J connectivity index is 1.54. The molecule has 200 valence electrons. The molecule has 2 fully saturated rings. The number of H-pyrrole nitrogens is 1. The van der Waals surface area contributed by atoms with Gasteiger partial charge in [0.25, 0.3) is 5.56 Å². The van der Waals surface area contributed by atoms with Gasteiger partial charge in [-0.25, -0.2) is 9.59 Å². The summed E-state index contributed by atoms with van der Waals surface area (Å²) in [5, 5.41) is 15.1. The van der Waals surface area contributed by atoms with Crippen molar-refractivity contribution < 1.29 is 19.5 Å². The summed E-state index contributed by atoms with van der Waals surface area (Å²) in [5.41, 5.74) is -1.15. The molecule has 0 bridgehead atoms. The van der Waals surface area contributed by atoms with Crippen molar-refractivity contribution in [2.24, 2.45) is 10.4 Å². The van der Waals surface area contributed by atoms with Gasteiger partial charge in [-0.15, -0.1) is 0 Å². The number of carbonyl (C=O) groups excluding carboxylic acids is 3. The summed E-state index contributed by atoms with van der Waals surface area (Å²) in [6, 6.07) is 4.00. The topological polar surface area (TPSA) is 169 Å². The van der Waals surface area contributed by atoms with Gasteiger partial charge in [0.05, 0.1) is 11.7 Å². The van der Waals surface area contributed by atoms with E-state index in [2.05, 4.69) is 20.6 Å². The molecular weight excluding hydrogens is 494 g/mol. The van der Waals surface area contributed by atoms with Crippen LogP contribution in [-0.2, 0) is 22.6 Å². The van der Waals surface area contributed by atoms with Gasteiger partial charge in [0.15, 0.2) is 5.41 Å². The highest BCUT2D eigenvalue weighted by atomic mass is 16.3. The van der Waals surface area contributed by atoms with Crippen LogP contribution in [0.3, 0.4) is 0 Å². The number of aromatic hydroxyl groups is 1. The summed E-state index contributed by atoms with van der Waals surface area (Å²) in [6.45, 7) is 3.96. The number of nitrogens with one attached hydrogen (secondary N) is 3. The van der Waals surface area contributed by atoms with Crippen LogP contribution in [-0.4, -0.2) is 76.3 Å². The van der Waals surface area contributed by atoms with Crippen molar-refractivity contribution >= 4 is 35.4 Å². The van der Waals surface area contributed by atoms with Gasteiger partial charge in [-0.3, -0.25) is 39.6 Å². The first-order valence-corrected chi connectivity index (χ1v) is 12.5. The average Bonchev–Trinajstić information content (AvgIpc) is 2.86. The Morgan fingerprint density at radius 1 is 1.13 bits per heavy atom. The Kier molecular flexibility index (Phi) is 6.39. The molecule has 13 nitrogen and oxygen atoms in total. The van der Waals surface area contributed by atoms with E-state index in [9.17, 15) is 29.1 Å². The summed E-state index contributed by atoms with van der Waals surface area (Å²) in [4.78, 5) is 73.4. The molecule has 3 aliphatic heterocycles. The molecule has 2 saturated heterocycles. The summed E-state index contributed by atoms with van der Waals surface area (Å²) in [6.07, 6.45) is 2.68. The predicted octanol–water partition coefficient (Wildman–Crippen LogP) is -0.178. The SMILES string of the molecule is CCCCn1c(O)c(C=Nc2ccc3c(c2)CC2(C(=O)NC(=O)NC2=O)C2CN(C)CCN32)c(=O)[nH]c1=O. The number of urea groups is 1. The number of piperazine rings is 1. The largest absolute Gasteiger partial charge is 0.494 e. The quantitative estimate of drug-likeness (QED) is 0.309. The van der Waals surface area contributed by atoms with Gasteiger partial charge in [0.2, 0.25) is 17.7 Å². The zero-order valence-corrected chi connectivity index (χ0v) is 21.1. The number of unbranched alkanes of at least 4 members (excludes halogenated alkanes) is 1. The number of anilines is 1. The van der Waals surface area contributed by atoms with Crippen LogP contribution in [0.1, 0.15) is 30.9 Å². The molecule has 0 saturated carbocycles. The van der Waals surface area contributed by atoms with Crippen molar-refractivity contribution in [3.63, 3.8) is 0 Å². The molecule has 38 heavy (non-hydrogen) atoms. The zero-order chi connectivity index (χ0) is 27.2. The van der Waals surface area contributed by atoms with E-state index in [-0.39, 0.29) is 18.5 Å². The first-order chi connectivity index (χ1) is 18.1. The normalized spacial score (nSPS) is 20.8. The van der Waals surface area contributed by atoms with Crippen LogP contribution in [0.2, 0.25) is 0 Å². The van der Waals surface area contributed by atoms with Crippen molar-refractivity contribution in [3.8, 4) is 5.88 Å². The van der Waals surface area contributed by atoms with Crippen molar-refractivity contribution in [1.82, 2.24) is 25.1 Å². The van der Waals surface area contributed by atoms with E-state index in [1.165, 1.54) is 6.21 Å². The molecule has 1 spiro atoms. The van der Waals surface area contributed by atoms with Crippen LogP contribution in [0.25, 0.3) is 0 Å². The van der Waals surface area contributed by atoms with Crippen LogP contribution in [0.4, 0.5) is 16.2 Å². The van der Waals surface area contributed by atoms with Gasteiger partial charge in [-0.1, -0.05) is 13.3 Å². The smallest absolute Gasteiger partial charge is 0.331 e. The molecule has 1 atom stereocenters. The highest BCUT2D eigenvalue weighted by Gasteiger charge is 2.60. The fourth-order valence-electron chi connectivity index (χ4n) is 5.50. The lowest BCUT2D eigenvalue weighted by Crippen LogP contribution is -2.74. The molecule has 4 amide bonds. The minimum Gasteiger partial charge on any atom is -0.494 e. The molecule has 1 unspecified atom stereocenters. The number of benzene rings is 1. The number of imide groups is 2. The number of nitrogens with zero attached hydrogens (tertiary/aromatic N) is 4. The molecule has 4 heterocycles. The van der Waals surface area contributed by atoms with Crippen LogP contribution in [0, 0.1) is 5.41 Å². The number of carbonyl (C=O) groups is 3. The van der Waals surface area contributed by atoms with E-state index in [4.69, 9.17) is 0 Å². The number of likely N-dealkylation sites (N-methyl/N-ethyl adjacent to an activating group) is 1. The van der Waals surface area contributed by atoms with E-state index in [1.54, 1.807) is 12.1 Å². The fourth-order valence-corrected chi connectivity index (χ4v) is 5.50. The number of barbiturate groups is 1. The van der Waals surface area contributed by atoms with Crippen molar-refractivity contribution in [3.05, 3.63) is 50.2 Å².